The van der Waals surface area contributed by atoms with Crippen LogP contribution in [0.25, 0.3) is 0 Å². The van der Waals surface area contributed by atoms with Gasteiger partial charge in [0, 0.05) is 13.0 Å². The first kappa shape index (κ1) is 24.1. The lowest BCUT2D eigenvalue weighted by Gasteiger charge is -2.24. The number of amides is 1. The molecule has 0 aromatic heterocycles. The second kappa shape index (κ2) is 11.3. The van der Waals surface area contributed by atoms with Gasteiger partial charge in [0.15, 0.2) is 0 Å². The minimum absolute atomic E-state index is 0.0814. The average molecular weight is 475 g/mol. The fraction of sp³-hybridized carbons (Fsp3) is 0.350. The quantitative estimate of drug-likeness (QED) is 0.501. The fourth-order valence-electron chi connectivity index (χ4n) is 2.67. The molecule has 0 spiro atoms. The highest BCUT2D eigenvalue weighted by atomic mass is 35.5. The Balaban J connectivity index is 1.79. The van der Waals surface area contributed by atoms with Gasteiger partial charge in [-0.3, -0.25) is 9.10 Å². The van der Waals surface area contributed by atoms with E-state index in [1.54, 1.807) is 49.6 Å². The molecule has 0 unspecified atom stereocenters. The van der Waals surface area contributed by atoms with Gasteiger partial charge in [0.25, 0.3) is 0 Å². The van der Waals surface area contributed by atoms with Gasteiger partial charge >= 0.3 is 0 Å². The molecule has 0 fully saturated rings. The molecule has 1 N–H and O–H groups in total. The number of nitrogens with one attached hydrogen (secondary N) is 1. The van der Waals surface area contributed by atoms with Crippen molar-refractivity contribution in [2.45, 2.75) is 12.8 Å². The third kappa shape index (κ3) is 7.27. The van der Waals surface area contributed by atoms with Crippen molar-refractivity contribution in [2.75, 3.05) is 37.4 Å². The first-order valence-electron chi connectivity index (χ1n) is 9.17. The Morgan fingerprint density at radius 3 is 2.23 bits per heavy atom. The molecule has 0 saturated carbocycles. The number of rotatable bonds is 11. The average Bonchev–Trinajstić information content (AvgIpc) is 2.69. The SMILES string of the molecule is COc1ccc(OCCNC(=O)CCCN(c2c(Cl)cccc2Cl)S(C)(=O)=O)cc1. The van der Waals surface area contributed by atoms with Gasteiger partial charge in [0.05, 0.1) is 35.6 Å². The first-order chi connectivity index (χ1) is 14.2. The highest BCUT2D eigenvalue weighted by molar-refractivity contribution is 7.92. The molecule has 0 aliphatic carbocycles. The van der Waals surface area contributed by atoms with Crippen LogP contribution in [0, 0.1) is 0 Å². The van der Waals surface area contributed by atoms with Crippen LogP contribution in [0.2, 0.25) is 10.0 Å². The van der Waals surface area contributed by atoms with Gasteiger partial charge in [0.1, 0.15) is 18.1 Å². The molecule has 0 atom stereocenters. The number of hydrogen-bond acceptors (Lipinski definition) is 5. The predicted molar refractivity (Wildman–Crippen MR) is 119 cm³/mol. The summed E-state index contributed by atoms with van der Waals surface area (Å²) < 4.78 is 36.1. The summed E-state index contributed by atoms with van der Waals surface area (Å²) in [6, 6.07) is 11.9. The van der Waals surface area contributed by atoms with E-state index in [-0.39, 0.29) is 34.6 Å². The van der Waals surface area contributed by atoms with E-state index in [1.807, 2.05) is 0 Å². The molecule has 10 heteroatoms. The molecular formula is C20H24Cl2N2O5S. The Hall–Kier alpha value is -2.16. The van der Waals surface area contributed by atoms with E-state index in [2.05, 4.69) is 5.32 Å². The van der Waals surface area contributed by atoms with Crippen LogP contribution in [-0.4, -0.2) is 47.4 Å². The zero-order valence-corrected chi connectivity index (χ0v) is 19.1. The van der Waals surface area contributed by atoms with Gasteiger partial charge in [0.2, 0.25) is 15.9 Å². The van der Waals surface area contributed by atoms with Gasteiger partial charge < -0.3 is 14.8 Å². The summed E-state index contributed by atoms with van der Waals surface area (Å²) in [6.45, 7) is 0.720. The van der Waals surface area contributed by atoms with E-state index in [9.17, 15) is 13.2 Å². The van der Waals surface area contributed by atoms with Gasteiger partial charge in [-0.05, 0) is 42.8 Å². The zero-order valence-electron chi connectivity index (χ0n) is 16.7. The third-order valence-corrected chi connectivity index (χ3v) is 5.88. The summed E-state index contributed by atoms with van der Waals surface area (Å²) in [5.74, 6) is 1.20. The van der Waals surface area contributed by atoms with Crippen LogP contribution in [0.15, 0.2) is 42.5 Å². The monoisotopic (exact) mass is 474 g/mol. The molecule has 0 bridgehead atoms. The Labute approximate surface area is 186 Å². The van der Waals surface area contributed by atoms with Crippen LogP contribution < -0.4 is 19.1 Å². The van der Waals surface area contributed by atoms with Crippen LogP contribution in [0.1, 0.15) is 12.8 Å². The number of carbonyl (C=O) groups excluding carboxylic acids is 1. The van der Waals surface area contributed by atoms with Crippen LogP contribution in [0.3, 0.4) is 0 Å². The second-order valence-electron chi connectivity index (χ2n) is 6.38. The summed E-state index contributed by atoms with van der Waals surface area (Å²) in [5, 5.41) is 3.20. The number of nitrogens with zero attached hydrogens (tertiary/aromatic N) is 1. The standard InChI is InChI=1S/C20H24Cl2N2O5S/c1-28-15-8-10-16(11-9-15)29-14-12-23-19(25)7-4-13-24(30(2,26)27)20-17(21)5-3-6-18(20)22/h3,5-6,8-11H,4,7,12-14H2,1-2H3,(H,23,25). The van der Waals surface area contributed by atoms with Crippen molar-refractivity contribution in [3.63, 3.8) is 0 Å². The van der Waals surface area contributed by atoms with Gasteiger partial charge in [-0.2, -0.15) is 0 Å². The summed E-state index contributed by atoms with van der Waals surface area (Å²) in [4.78, 5) is 12.0. The number of para-hydroxylation sites is 1. The summed E-state index contributed by atoms with van der Waals surface area (Å²) in [6.07, 6.45) is 1.53. The minimum Gasteiger partial charge on any atom is -0.497 e. The zero-order chi connectivity index (χ0) is 22.1. The number of ether oxygens (including phenoxy) is 2. The molecule has 30 heavy (non-hydrogen) atoms. The van der Waals surface area contributed by atoms with Crippen LogP contribution in [0.5, 0.6) is 11.5 Å². The lowest BCUT2D eigenvalue weighted by atomic mass is 10.2. The van der Waals surface area contributed by atoms with Crippen LogP contribution in [-0.2, 0) is 14.8 Å². The van der Waals surface area contributed by atoms with Crippen molar-refractivity contribution in [2.24, 2.45) is 0 Å². The predicted octanol–water partition coefficient (Wildman–Crippen LogP) is 3.74. The van der Waals surface area contributed by atoms with Crippen molar-refractivity contribution in [1.82, 2.24) is 5.32 Å². The highest BCUT2D eigenvalue weighted by Crippen LogP contribution is 2.35. The molecule has 0 aliphatic heterocycles. The number of methoxy groups -OCH3 is 1. The Morgan fingerprint density at radius 1 is 1.07 bits per heavy atom. The highest BCUT2D eigenvalue weighted by Gasteiger charge is 2.22. The molecule has 2 aromatic carbocycles. The molecule has 7 nitrogen and oxygen atoms in total. The number of hydrogen-bond donors (Lipinski definition) is 1. The summed E-state index contributed by atoms with van der Waals surface area (Å²) in [5.41, 5.74) is 0.219. The van der Waals surface area contributed by atoms with Gasteiger partial charge in [-0.15, -0.1) is 0 Å². The van der Waals surface area contributed by atoms with Gasteiger partial charge in [-0.25, -0.2) is 8.42 Å². The molecule has 1 amide bonds. The molecule has 0 saturated heterocycles. The number of halogens is 2. The van der Waals surface area contributed by atoms with Crippen LogP contribution in [0.4, 0.5) is 5.69 Å². The number of sulfonamides is 1. The topological polar surface area (TPSA) is 84.9 Å². The Morgan fingerprint density at radius 2 is 1.67 bits per heavy atom. The molecule has 2 aromatic rings. The van der Waals surface area contributed by atoms with Crippen molar-refractivity contribution in [3.8, 4) is 11.5 Å². The van der Waals surface area contributed by atoms with Crippen molar-refractivity contribution >= 4 is 44.8 Å². The van der Waals surface area contributed by atoms with Crippen molar-refractivity contribution < 1.29 is 22.7 Å². The third-order valence-electron chi connectivity index (χ3n) is 4.10. The lowest BCUT2D eigenvalue weighted by Crippen LogP contribution is -2.33. The van der Waals surface area contributed by atoms with Gasteiger partial charge in [-0.1, -0.05) is 29.3 Å². The van der Waals surface area contributed by atoms with E-state index in [0.29, 0.717) is 25.3 Å². The molecule has 0 radical (unpaired) electrons. The molecular weight excluding hydrogens is 451 g/mol. The smallest absolute Gasteiger partial charge is 0.232 e. The first-order valence-corrected chi connectivity index (χ1v) is 11.8. The van der Waals surface area contributed by atoms with Crippen LogP contribution >= 0.6 is 23.2 Å². The largest absolute Gasteiger partial charge is 0.497 e. The van der Waals surface area contributed by atoms with Crippen molar-refractivity contribution in [1.29, 1.82) is 0 Å². The maximum absolute atomic E-state index is 12.2. The Kier molecular flexibility index (Phi) is 9.08. The minimum atomic E-state index is -3.61. The second-order valence-corrected chi connectivity index (χ2v) is 9.10. The maximum Gasteiger partial charge on any atom is 0.232 e. The molecule has 0 aliphatic rings. The Bertz CT molecular complexity index is 932. The van der Waals surface area contributed by atoms with E-state index in [1.165, 1.54) is 0 Å². The summed E-state index contributed by atoms with van der Waals surface area (Å²) >= 11 is 12.3. The number of benzene rings is 2. The molecule has 0 heterocycles. The normalized spacial score (nSPS) is 11.1. The molecule has 2 rings (SSSR count). The lowest BCUT2D eigenvalue weighted by molar-refractivity contribution is -0.121. The summed E-state index contributed by atoms with van der Waals surface area (Å²) in [7, 11) is -2.03. The molecule has 164 valence electrons. The van der Waals surface area contributed by atoms with E-state index in [4.69, 9.17) is 32.7 Å². The van der Waals surface area contributed by atoms with Crippen molar-refractivity contribution in [3.05, 3.63) is 52.5 Å². The number of anilines is 1. The fourth-order valence-corrected chi connectivity index (χ4v) is 4.36. The number of carbonyl (C=O) groups is 1. The van der Waals surface area contributed by atoms with E-state index < -0.39 is 10.0 Å². The maximum atomic E-state index is 12.2. The van der Waals surface area contributed by atoms with E-state index >= 15 is 0 Å². The van der Waals surface area contributed by atoms with E-state index in [0.717, 1.165) is 16.3 Å².